The third kappa shape index (κ3) is 6.40. The highest BCUT2D eigenvalue weighted by Gasteiger charge is 2.16. The van der Waals surface area contributed by atoms with Gasteiger partial charge in [-0.05, 0) is 42.5 Å². The zero-order valence-electron chi connectivity index (χ0n) is 14.6. The summed E-state index contributed by atoms with van der Waals surface area (Å²) in [6, 6.07) is 6.44. The topological polar surface area (TPSA) is 78.4 Å². The molecule has 1 aromatic rings. The fraction of sp³-hybridized carbons (Fsp3) is 0.556. The number of amides is 2. The number of rotatable bonds is 6. The Labute approximate surface area is 138 Å². The molecule has 2 unspecified atom stereocenters. The molecule has 2 amide bonds. The monoisotopic (exact) mass is 320 g/mol. The van der Waals surface area contributed by atoms with Crippen molar-refractivity contribution in [2.75, 3.05) is 13.2 Å². The summed E-state index contributed by atoms with van der Waals surface area (Å²) in [5.41, 5.74) is 1.05. The predicted octanol–water partition coefficient (Wildman–Crippen LogP) is 2.21. The Balaban J connectivity index is 2.65. The standard InChI is InChI=1S/C18H28N2O3/c1-12(10-21)13(2)20-17(23)15-8-6-14(7-9-15)16(22)19-11-18(3,4)5/h6-9,12-13,21H,10-11H2,1-5H3,(H,19,22)(H,20,23). The smallest absolute Gasteiger partial charge is 0.251 e. The number of carbonyl (C=O) groups is 2. The third-order valence-electron chi connectivity index (χ3n) is 3.69. The van der Waals surface area contributed by atoms with Gasteiger partial charge in [0, 0.05) is 30.3 Å². The number of benzene rings is 1. The molecule has 0 saturated heterocycles. The maximum absolute atomic E-state index is 12.1. The molecule has 0 aromatic heterocycles. The van der Waals surface area contributed by atoms with Gasteiger partial charge < -0.3 is 15.7 Å². The van der Waals surface area contributed by atoms with Crippen LogP contribution < -0.4 is 10.6 Å². The van der Waals surface area contributed by atoms with Crippen LogP contribution in [0.5, 0.6) is 0 Å². The van der Waals surface area contributed by atoms with Crippen LogP contribution in [0.15, 0.2) is 24.3 Å². The van der Waals surface area contributed by atoms with Crippen molar-refractivity contribution in [3.8, 4) is 0 Å². The number of aliphatic hydroxyl groups excluding tert-OH is 1. The van der Waals surface area contributed by atoms with Gasteiger partial charge in [0.2, 0.25) is 0 Å². The Hall–Kier alpha value is -1.88. The lowest BCUT2D eigenvalue weighted by molar-refractivity contribution is 0.0911. The average molecular weight is 320 g/mol. The predicted molar refractivity (Wildman–Crippen MR) is 91.4 cm³/mol. The largest absolute Gasteiger partial charge is 0.396 e. The van der Waals surface area contributed by atoms with Gasteiger partial charge in [0.05, 0.1) is 0 Å². The van der Waals surface area contributed by atoms with Crippen molar-refractivity contribution < 1.29 is 14.7 Å². The highest BCUT2D eigenvalue weighted by Crippen LogP contribution is 2.11. The summed E-state index contributed by atoms with van der Waals surface area (Å²) in [5.74, 6) is -0.366. The van der Waals surface area contributed by atoms with E-state index in [1.165, 1.54) is 0 Å². The molecule has 0 aliphatic rings. The van der Waals surface area contributed by atoms with Crippen molar-refractivity contribution in [2.45, 2.75) is 40.7 Å². The van der Waals surface area contributed by atoms with E-state index < -0.39 is 0 Å². The van der Waals surface area contributed by atoms with E-state index in [9.17, 15) is 9.59 Å². The van der Waals surface area contributed by atoms with E-state index >= 15 is 0 Å². The first kappa shape index (κ1) is 19.2. The Kier molecular flexibility index (Phi) is 6.76. The van der Waals surface area contributed by atoms with Gasteiger partial charge in [-0.3, -0.25) is 9.59 Å². The summed E-state index contributed by atoms with van der Waals surface area (Å²) >= 11 is 0. The summed E-state index contributed by atoms with van der Waals surface area (Å²) in [7, 11) is 0. The average Bonchev–Trinajstić information content (AvgIpc) is 2.51. The third-order valence-corrected chi connectivity index (χ3v) is 3.69. The first-order valence-corrected chi connectivity index (χ1v) is 7.94. The van der Waals surface area contributed by atoms with Crippen LogP contribution in [0.2, 0.25) is 0 Å². The Morgan fingerprint density at radius 2 is 1.52 bits per heavy atom. The minimum atomic E-state index is -0.209. The minimum absolute atomic E-state index is 0.0126. The van der Waals surface area contributed by atoms with Gasteiger partial charge in [0.25, 0.3) is 11.8 Å². The van der Waals surface area contributed by atoms with Crippen molar-refractivity contribution in [2.24, 2.45) is 11.3 Å². The van der Waals surface area contributed by atoms with Crippen LogP contribution in [0.3, 0.4) is 0 Å². The minimum Gasteiger partial charge on any atom is -0.396 e. The van der Waals surface area contributed by atoms with Gasteiger partial charge in [-0.1, -0.05) is 27.7 Å². The quantitative estimate of drug-likeness (QED) is 0.752. The molecule has 1 aromatic carbocycles. The highest BCUT2D eigenvalue weighted by molar-refractivity contribution is 5.97. The zero-order valence-corrected chi connectivity index (χ0v) is 14.6. The second kappa shape index (κ2) is 8.11. The number of hydrogen-bond acceptors (Lipinski definition) is 3. The molecule has 0 bridgehead atoms. The number of aliphatic hydroxyl groups is 1. The first-order valence-electron chi connectivity index (χ1n) is 7.94. The summed E-state index contributed by atoms with van der Waals surface area (Å²) in [6.07, 6.45) is 0. The molecule has 5 heteroatoms. The molecule has 2 atom stereocenters. The van der Waals surface area contributed by atoms with Gasteiger partial charge in [0.15, 0.2) is 0 Å². The van der Waals surface area contributed by atoms with Crippen LogP contribution in [0.25, 0.3) is 0 Å². The summed E-state index contributed by atoms with van der Waals surface area (Å²) in [6.45, 7) is 10.5. The maximum Gasteiger partial charge on any atom is 0.251 e. The molecule has 0 radical (unpaired) electrons. The first-order chi connectivity index (χ1) is 10.6. The summed E-state index contributed by atoms with van der Waals surface area (Å²) in [5, 5.41) is 14.8. The van der Waals surface area contributed by atoms with E-state index in [1.54, 1.807) is 24.3 Å². The Morgan fingerprint density at radius 1 is 1.04 bits per heavy atom. The Morgan fingerprint density at radius 3 is 1.96 bits per heavy atom. The van der Waals surface area contributed by atoms with Crippen molar-refractivity contribution in [3.05, 3.63) is 35.4 Å². The highest BCUT2D eigenvalue weighted by atomic mass is 16.3. The van der Waals surface area contributed by atoms with Gasteiger partial charge in [-0.2, -0.15) is 0 Å². The lowest BCUT2D eigenvalue weighted by Gasteiger charge is -2.19. The molecule has 3 N–H and O–H groups in total. The summed E-state index contributed by atoms with van der Waals surface area (Å²) in [4.78, 5) is 24.2. The maximum atomic E-state index is 12.1. The van der Waals surface area contributed by atoms with Crippen molar-refractivity contribution in [3.63, 3.8) is 0 Å². The van der Waals surface area contributed by atoms with E-state index in [1.807, 2.05) is 13.8 Å². The molecule has 23 heavy (non-hydrogen) atoms. The van der Waals surface area contributed by atoms with E-state index in [0.29, 0.717) is 17.7 Å². The van der Waals surface area contributed by atoms with Crippen LogP contribution in [0, 0.1) is 11.3 Å². The van der Waals surface area contributed by atoms with Crippen LogP contribution in [0.4, 0.5) is 0 Å². The van der Waals surface area contributed by atoms with Crippen LogP contribution in [-0.4, -0.2) is 36.1 Å². The molecule has 0 aliphatic carbocycles. The molecule has 0 saturated carbocycles. The molecule has 1 rings (SSSR count). The normalized spacial score (nSPS) is 14.0. The lowest BCUT2D eigenvalue weighted by Crippen LogP contribution is -2.38. The SMILES string of the molecule is CC(CO)C(C)NC(=O)c1ccc(C(=O)NCC(C)(C)C)cc1. The molecular formula is C18H28N2O3. The van der Waals surface area contributed by atoms with Crippen LogP contribution in [-0.2, 0) is 0 Å². The number of nitrogens with one attached hydrogen (secondary N) is 2. The molecule has 0 fully saturated rings. The molecule has 0 aliphatic heterocycles. The molecule has 0 heterocycles. The van der Waals surface area contributed by atoms with Crippen molar-refractivity contribution in [1.29, 1.82) is 0 Å². The molecule has 5 nitrogen and oxygen atoms in total. The zero-order chi connectivity index (χ0) is 17.6. The number of hydrogen-bond donors (Lipinski definition) is 3. The van der Waals surface area contributed by atoms with Gasteiger partial charge in [-0.15, -0.1) is 0 Å². The molecule has 128 valence electrons. The summed E-state index contributed by atoms with van der Waals surface area (Å²) < 4.78 is 0. The van der Waals surface area contributed by atoms with Gasteiger partial charge in [0.1, 0.15) is 0 Å². The van der Waals surface area contributed by atoms with E-state index in [-0.39, 0.29) is 35.8 Å². The fourth-order valence-electron chi connectivity index (χ4n) is 1.81. The van der Waals surface area contributed by atoms with E-state index in [0.717, 1.165) is 0 Å². The van der Waals surface area contributed by atoms with Gasteiger partial charge >= 0.3 is 0 Å². The molecule has 0 spiro atoms. The van der Waals surface area contributed by atoms with Crippen molar-refractivity contribution >= 4 is 11.8 Å². The van der Waals surface area contributed by atoms with E-state index in [2.05, 4.69) is 31.4 Å². The lowest BCUT2D eigenvalue weighted by atomic mass is 9.97. The fourth-order valence-corrected chi connectivity index (χ4v) is 1.81. The van der Waals surface area contributed by atoms with E-state index in [4.69, 9.17) is 5.11 Å². The second-order valence-electron chi connectivity index (χ2n) is 7.24. The van der Waals surface area contributed by atoms with Gasteiger partial charge in [-0.25, -0.2) is 0 Å². The number of carbonyl (C=O) groups excluding carboxylic acids is 2. The van der Waals surface area contributed by atoms with Crippen LogP contribution >= 0.6 is 0 Å². The van der Waals surface area contributed by atoms with Crippen LogP contribution in [0.1, 0.15) is 55.3 Å². The van der Waals surface area contributed by atoms with Crippen molar-refractivity contribution in [1.82, 2.24) is 10.6 Å². The Bertz CT molecular complexity index is 532. The molecular weight excluding hydrogens is 292 g/mol. The second-order valence-corrected chi connectivity index (χ2v) is 7.24.